The molecule has 0 aliphatic rings. The number of carbonyl (C=O) groups excluding carboxylic acids is 1. The van der Waals surface area contributed by atoms with Gasteiger partial charge in [-0.3, -0.25) is 19.5 Å². The first-order valence-electron chi connectivity index (χ1n) is 11.6. The number of benzene rings is 3. The Bertz CT molecular complexity index is 1460. The van der Waals surface area contributed by atoms with Crippen LogP contribution in [0.3, 0.4) is 0 Å². The highest BCUT2D eigenvalue weighted by Gasteiger charge is 2.21. The summed E-state index contributed by atoms with van der Waals surface area (Å²) in [5.41, 5.74) is 6.17. The van der Waals surface area contributed by atoms with Gasteiger partial charge in [-0.2, -0.15) is 5.10 Å². The molecule has 1 atom stereocenters. The van der Waals surface area contributed by atoms with Gasteiger partial charge in [0.1, 0.15) is 0 Å². The Morgan fingerprint density at radius 1 is 1.16 bits per heavy atom. The number of aromatic nitrogens is 3. The number of amides is 1. The van der Waals surface area contributed by atoms with Gasteiger partial charge < -0.3 is 5.32 Å². The molecule has 0 spiro atoms. The molecule has 1 amide bonds. The molecule has 38 heavy (non-hydrogen) atoms. The van der Waals surface area contributed by atoms with E-state index in [1.165, 1.54) is 33.7 Å². The maximum absolute atomic E-state index is 12.7. The van der Waals surface area contributed by atoms with Gasteiger partial charge in [-0.05, 0) is 90.0 Å². The Morgan fingerprint density at radius 3 is 2.58 bits per heavy atom. The molecule has 3 aromatic carbocycles. The smallest absolute Gasteiger partial charge is 0.269 e. The minimum absolute atomic E-state index is 0.0121. The van der Waals surface area contributed by atoms with E-state index in [4.69, 9.17) is 0 Å². The number of non-ortho nitro benzene ring substituents is 1. The second-order valence-electron chi connectivity index (χ2n) is 8.23. The number of hydrogen-bond acceptors (Lipinski definition) is 8. The first-order chi connectivity index (χ1) is 18.3. The molecule has 0 fully saturated rings. The second kappa shape index (κ2) is 12.6. The summed E-state index contributed by atoms with van der Waals surface area (Å²) in [6, 6.07) is 21.8. The zero-order valence-electron chi connectivity index (χ0n) is 20.5. The molecule has 4 rings (SSSR count). The maximum Gasteiger partial charge on any atom is 0.269 e. The molecule has 194 valence electrons. The van der Waals surface area contributed by atoms with E-state index in [1.807, 2.05) is 47.0 Å². The normalized spacial score (nSPS) is 11.9. The number of halogens is 1. The highest BCUT2D eigenvalue weighted by molar-refractivity contribution is 14.1. The van der Waals surface area contributed by atoms with Gasteiger partial charge in [-0.1, -0.05) is 30.0 Å². The summed E-state index contributed by atoms with van der Waals surface area (Å²) < 4.78 is 3.10. The van der Waals surface area contributed by atoms with Crippen molar-refractivity contribution in [2.45, 2.75) is 30.8 Å². The summed E-state index contributed by atoms with van der Waals surface area (Å²) in [5, 5.41) is 27.0. The van der Waals surface area contributed by atoms with Gasteiger partial charge in [0.2, 0.25) is 0 Å². The number of aryl methyl sites for hydroxylation is 1. The van der Waals surface area contributed by atoms with Crippen molar-refractivity contribution in [3.63, 3.8) is 0 Å². The molecule has 4 aromatic rings. The molecule has 0 saturated heterocycles. The summed E-state index contributed by atoms with van der Waals surface area (Å²) in [5.74, 6) is 0.394. The third-order valence-corrected chi connectivity index (χ3v) is 7.20. The predicted molar refractivity (Wildman–Crippen MR) is 157 cm³/mol. The van der Waals surface area contributed by atoms with Crippen LogP contribution in [0.2, 0.25) is 0 Å². The van der Waals surface area contributed by atoms with Crippen molar-refractivity contribution in [1.82, 2.24) is 20.2 Å². The van der Waals surface area contributed by atoms with Crippen molar-refractivity contribution in [1.29, 1.82) is 0 Å². The first kappa shape index (κ1) is 27.3. The topological polar surface area (TPSA) is 127 Å². The lowest BCUT2D eigenvalue weighted by atomic mass is 10.2. The van der Waals surface area contributed by atoms with E-state index in [9.17, 15) is 14.9 Å². The zero-order valence-corrected chi connectivity index (χ0v) is 23.5. The standard InChI is InChI=1S/C26H24IN7O3S/c1-17-14-20(27)10-13-23(17)28-16-24-30-32-26(33(24)21-6-4-3-5-7-21)38-18(2)25(35)31-29-15-19-8-11-22(12-9-19)34(36)37/h3-15,18,28H,16H2,1-2H3,(H,31,35). The average Bonchev–Trinajstić information content (AvgIpc) is 3.31. The Hall–Kier alpha value is -3.78. The molecule has 0 bridgehead atoms. The lowest BCUT2D eigenvalue weighted by Gasteiger charge is -2.14. The van der Waals surface area contributed by atoms with Gasteiger partial charge in [0.05, 0.1) is 22.9 Å². The molecular weight excluding hydrogens is 617 g/mol. The number of nitrogens with zero attached hydrogens (tertiary/aromatic N) is 5. The SMILES string of the molecule is Cc1cc(I)ccc1NCc1nnc(SC(C)C(=O)NN=Cc2ccc([N+](=O)[O-])cc2)n1-c1ccccc1. The number of anilines is 1. The van der Waals surface area contributed by atoms with Crippen LogP contribution in [0.1, 0.15) is 23.9 Å². The summed E-state index contributed by atoms with van der Waals surface area (Å²) in [6.07, 6.45) is 1.43. The van der Waals surface area contributed by atoms with E-state index < -0.39 is 10.2 Å². The van der Waals surface area contributed by atoms with Crippen LogP contribution in [-0.2, 0) is 11.3 Å². The third kappa shape index (κ3) is 6.95. The molecule has 0 aliphatic carbocycles. The average molecular weight is 641 g/mol. The van der Waals surface area contributed by atoms with Crippen molar-refractivity contribution in [3.8, 4) is 5.69 Å². The van der Waals surface area contributed by atoms with E-state index in [0.717, 1.165) is 16.9 Å². The van der Waals surface area contributed by atoms with Crippen LogP contribution in [-0.4, -0.2) is 37.1 Å². The fourth-order valence-electron chi connectivity index (χ4n) is 3.48. The Balaban J connectivity index is 1.45. The summed E-state index contributed by atoms with van der Waals surface area (Å²) in [7, 11) is 0. The number of hydrazone groups is 1. The minimum Gasteiger partial charge on any atom is -0.378 e. The lowest BCUT2D eigenvalue weighted by molar-refractivity contribution is -0.384. The number of rotatable bonds is 10. The predicted octanol–water partition coefficient (Wildman–Crippen LogP) is 5.33. The maximum atomic E-state index is 12.7. The van der Waals surface area contributed by atoms with Gasteiger partial charge in [0.15, 0.2) is 11.0 Å². The van der Waals surface area contributed by atoms with Crippen LogP contribution in [0.4, 0.5) is 11.4 Å². The molecule has 1 aromatic heterocycles. The first-order valence-corrected chi connectivity index (χ1v) is 13.5. The van der Waals surface area contributed by atoms with Crippen molar-refractivity contribution in [3.05, 3.63) is 103 Å². The number of carbonyl (C=O) groups is 1. The quantitative estimate of drug-likeness (QED) is 0.0788. The van der Waals surface area contributed by atoms with Crippen LogP contribution < -0.4 is 10.7 Å². The summed E-state index contributed by atoms with van der Waals surface area (Å²) in [4.78, 5) is 23.0. The Morgan fingerprint density at radius 2 is 1.89 bits per heavy atom. The van der Waals surface area contributed by atoms with Crippen LogP contribution >= 0.6 is 34.4 Å². The molecule has 0 radical (unpaired) electrons. The Kier molecular flexibility index (Phi) is 9.07. The van der Waals surface area contributed by atoms with Crippen LogP contribution in [0.25, 0.3) is 5.69 Å². The number of para-hydroxylation sites is 1. The molecule has 0 saturated carbocycles. The molecule has 12 heteroatoms. The molecule has 0 aliphatic heterocycles. The molecular formula is C26H24IN7O3S. The fraction of sp³-hybridized carbons (Fsp3) is 0.154. The van der Waals surface area contributed by atoms with E-state index in [2.05, 4.69) is 61.6 Å². The van der Waals surface area contributed by atoms with Crippen molar-refractivity contribution in [2.24, 2.45) is 5.10 Å². The van der Waals surface area contributed by atoms with E-state index in [0.29, 0.717) is 23.1 Å². The highest BCUT2D eigenvalue weighted by Crippen LogP contribution is 2.27. The number of nitro benzene ring substituents is 1. The van der Waals surface area contributed by atoms with E-state index in [1.54, 1.807) is 19.1 Å². The van der Waals surface area contributed by atoms with Crippen molar-refractivity contribution >= 4 is 57.8 Å². The Labute approximate surface area is 237 Å². The van der Waals surface area contributed by atoms with Crippen molar-refractivity contribution in [2.75, 3.05) is 5.32 Å². The van der Waals surface area contributed by atoms with Crippen molar-refractivity contribution < 1.29 is 9.72 Å². The molecule has 1 unspecified atom stereocenters. The van der Waals surface area contributed by atoms with Crippen LogP contribution in [0, 0.1) is 20.6 Å². The zero-order chi connectivity index (χ0) is 27.1. The van der Waals surface area contributed by atoms with Gasteiger partial charge in [-0.15, -0.1) is 10.2 Å². The molecule has 10 nitrogen and oxygen atoms in total. The minimum atomic E-state index is -0.519. The summed E-state index contributed by atoms with van der Waals surface area (Å²) >= 11 is 3.56. The number of nitro groups is 1. The van der Waals surface area contributed by atoms with Crippen LogP contribution in [0.15, 0.2) is 83.1 Å². The molecule has 1 heterocycles. The van der Waals surface area contributed by atoms with Crippen LogP contribution in [0.5, 0.6) is 0 Å². The number of thioether (sulfide) groups is 1. The van der Waals surface area contributed by atoms with Gasteiger partial charge in [0, 0.05) is 27.1 Å². The lowest BCUT2D eigenvalue weighted by Crippen LogP contribution is -2.27. The molecule has 2 N–H and O–H groups in total. The van der Waals surface area contributed by atoms with E-state index >= 15 is 0 Å². The second-order valence-corrected chi connectivity index (χ2v) is 10.8. The summed E-state index contributed by atoms with van der Waals surface area (Å²) in [6.45, 7) is 4.26. The number of nitrogens with one attached hydrogen (secondary N) is 2. The van der Waals surface area contributed by atoms with E-state index in [-0.39, 0.29) is 11.6 Å². The number of hydrogen-bond donors (Lipinski definition) is 2. The largest absolute Gasteiger partial charge is 0.378 e. The van der Waals surface area contributed by atoms with Gasteiger partial charge in [-0.25, -0.2) is 5.43 Å². The van der Waals surface area contributed by atoms with Gasteiger partial charge in [0.25, 0.3) is 11.6 Å². The highest BCUT2D eigenvalue weighted by atomic mass is 127. The third-order valence-electron chi connectivity index (χ3n) is 5.48. The fourth-order valence-corrected chi connectivity index (χ4v) is 5.01. The van der Waals surface area contributed by atoms with Gasteiger partial charge >= 0.3 is 0 Å². The monoisotopic (exact) mass is 641 g/mol.